The highest BCUT2D eigenvalue weighted by molar-refractivity contribution is 5.37. The summed E-state index contributed by atoms with van der Waals surface area (Å²) in [5.74, 6) is 6.05. The van der Waals surface area contributed by atoms with Crippen molar-refractivity contribution in [1.82, 2.24) is 4.90 Å². The molecule has 0 amide bonds. The van der Waals surface area contributed by atoms with Gasteiger partial charge in [-0.15, -0.1) is 0 Å². The van der Waals surface area contributed by atoms with Gasteiger partial charge in [0.25, 0.3) is 0 Å². The molecule has 0 aromatic heterocycles. The lowest BCUT2D eigenvalue weighted by Gasteiger charge is -2.20. The zero-order valence-electron chi connectivity index (χ0n) is 12.6. The number of rotatable bonds is 6. The number of nitrogens with zero attached hydrogens (tertiary/aromatic N) is 1. The van der Waals surface area contributed by atoms with E-state index in [4.69, 9.17) is 5.11 Å². The summed E-state index contributed by atoms with van der Waals surface area (Å²) >= 11 is 0. The van der Waals surface area contributed by atoms with Crippen molar-refractivity contribution in [3.63, 3.8) is 0 Å². The van der Waals surface area contributed by atoms with Crippen molar-refractivity contribution in [2.75, 3.05) is 20.2 Å². The first kappa shape index (κ1) is 16.7. The molecule has 20 heavy (non-hydrogen) atoms. The van der Waals surface area contributed by atoms with Crippen molar-refractivity contribution in [3.05, 3.63) is 35.1 Å². The predicted molar refractivity (Wildman–Crippen MR) is 80.8 cm³/mol. The Morgan fingerprint density at radius 3 is 2.75 bits per heavy atom. The summed E-state index contributed by atoms with van der Waals surface area (Å²) in [6.45, 7) is 5.98. The molecule has 1 unspecified atom stereocenters. The summed E-state index contributed by atoms with van der Waals surface area (Å²) in [4.78, 5) is 2.14. The van der Waals surface area contributed by atoms with Crippen molar-refractivity contribution < 1.29 is 9.50 Å². The molecule has 0 radical (unpaired) electrons. The van der Waals surface area contributed by atoms with Crippen molar-refractivity contribution in [2.45, 2.75) is 33.2 Å². The lowest BCUT2D eigenvalue weighted by Crippen LogP contribution is -2.24. The van der Waals surface area contributed by atoms with Gasteiger partial charge in [0.15, 0.2) is 0 Å². The lowest BCUT2D eigenvalue weighted by molar-refractivity contribution is 0.272. The van der Waals surface area contributed by atoms with Crippen LogP contribution < -0.4 is 0 Å². The number of hydrogen-bond donors (Lipinski definition) is 1. The molecule has 0 aliphatic heterocycles. The van der Waals surface area contributed by atoms with E-state index in [1.54, 1.807) is 6.07 Å². The van der Waals surface area contributed by atoms with Gasteiger partial charge in [0, 0.05) is 30.6 Å². The molecule has 0 fully saturated rings. The first-order valence-electron chi connectivity index (χ1n) is 7.13. The van der Waals surface area contributed by atoms with Crippen LogP contribution in [0.5, 0.6) is 0 Å². The summed E-state index contributed by atoms with van der Waals surface area (Å²) in [5, 5.41) is 8.65. The molecule has 0 heterocycles. The molecule has 1 aromatic rings. The maximum atomic E-state index is 14.0. The molecule has 1 aromatic carbocycles. The summed E-state index contributed by atoms with van der Waals surface area (Å²) in [7, 11) is 2.01. The minimum absolute atomic E-state index is 0.0357. The maximum absolute atomic E-state index is 14.0. The minimum atomic E-state index is -0.211. The number of aliphatic hydroxyl groups excluding tert-OH is 1. The van der Waals surface area contributed by atoms with Gasteiger partial charge in [-0.05, 0) is 25.1 Å². The average molecular weight is 277 g/mol. The molecule has 0 saturated carbocycles. The number of benzene rings is 1. The monoisotopic (exact) mass is 277 g/mol. The summed E-state index contributed by atoms with van der Waals surface area (Å²) in [5.41, 5.74) is 1.35. The van der Waals surface area contributed by atoms with Crippen LogP contribution in [-0.4, -0.2) is 30.2 Å². The van der Waals surface area contributed by atoms with Crippen LogP contribution in [0.3, 0.4) is 0 Å². The molecule has 0 spiro atoms. The summed E-state index contributed by atoms with van der Waals surface area (Å²) in [6, 6.07) is 5.10. The fourth-order valence-corrected chi connectivity index (χ4v) is 1.99. The molecule has 1 rings (SSSR count). The first-order chi connectivity index (χ1) is 9.56. The molecule has 1 N–H and O–H groups in total. The SMILES string of the molecule is CCC(C)CN(C)Cc1ccc(C#CCCO)cc1F. The number of halogens is 1. The van der Waals surface area contributed by atoms with Crippen LogP contribution >= 0.6 is 0 Å². The molecule has 0 bridgehead atoms. The van der Waals surface area contributed by atoms with E-state index in [-0.39, 0.29) is 12.4 Å². The largest absolute Gasteiger partial charge is 0.395 e. The molecule has 0 saturated heterocycles. The van der Waals surface area contributed by atoms with Gasteiger partial charge >= 0.3 is 0 Å². The first-order valence-corrected chi connectivity index (χ1v) is 7.13. The molecular weight excluding hydrogens is 253 g/mol. The molecule has 110 valence electrons. The topological polar surface area (TPSA) is 23.5 Å². The Morgan fingerprint density at radius 1 is 1.40 bits per heavy atom. The third kappa shape index (κ3) is 5.73. The zero-order valence-corrected chi connectivity index (χ0v) is 12.6. The van der Waals surface area contributed by atoms with Gasteiger partial charge in [-0.3, -0.25) is 0 Å². The van der Waals surface area contributed by atoms with Gasteiger partial charge in [-0.25, -0.2) is 4.39 Å². The normalized spacial score (nSPS) is 12.1. The van der Waals surface area contributed by atoms with Crippen LogP contribution in [0, 0.1) is 23.6 Å². The highest BCUT2D eigenvalue weighted by Crippen LogP contribution is 2.13. The Balaban J connectivity index is 2.67. The van der Waals surface area contributed by atoms with Crippen LogP contribution in [0.2, 0.25) is 0 Å². The third-order valence-corrected chi connectivity index (χ3v) is 3.28. The Kier molecular flexibility index (Phi) is 7.28. The Labute approximate surface area is 121 Å². The fraction of sp³-hybridized carbons (Fsp3) is 0.529. The third-order valence-electron chi connectivity index (χ3n) is 3.28. The van der Waals surface area contributed by atoms with E-state index in [1.807, 2.05) is 13.1 Å². The summed E-state index contributed by atoms with van der Waals surface area (Å²) < 4.78 is 14.0. The molecule has 1 atom stereocenters. The Bertz CT molecular complexity index is 476. The van der Waals surface area contributed by atoms with E-state index >= 15 is 0 Å². The van der Waals surface area contributed by atoms with Crippen LogP contribution in [0.4, 0.5) is 4.39 Å². The van der Waals surface area contributed by atoms with E-state index < -0.39 is 0 Å². The highest BCUT2D eigenvalue weighted by Gasteiger charge is 2.08. The second-order valence-corrected chi connectivity index (χ2v) is 5.29. The van der Waals surface area contributed by atoms with Crippen LogP contribution in [-0.2, 0) is 6.54 Å². The zero-order chi connectivity index (χ0) is 15.0. The quantitative estimate of drug-likeness (QED) is 0.808. The molecule has 0 aliphatic carbocycles. The van der Waals surface area contributed by atoms with Crippen molar-refractivity contribution in [2.24, 2.45) is 5.92 Å². The molecule has 3 heteroatoms. The second kappa shape index (κ2) is 8.73. The van der Waals surface area contributed by atoms with Gasteiger partial charge in [-0.2, -0.15) is 0 Å². The van der Waals surface area contributed by atoms with Crippen molar-refractivity contribution in [3.8, 4) is 11.8 Å². The van der Waals surface area contributed by atoms with Gasteiger partial charge in [0.2, 0.25) is 0 Å². The minimum Gasteiger partial charge on any atom is -0.395 e. The molecule has 0 aliphatic rings. The van der Waals surface area contributed by atoms with E-state index in [9.17, 15) is 4.39 Å². The fourth-order valence-electron chi connectivity index (χ4n) is 1.99. The molecular formula is C17H24FNO. The number of aliphatic hydroxyl groups is 1. The second-order valence-electron chi connectivity index (χ2n) is 5.29. The van der Waals surface area contributed by atoms with Crippen LogP contribution in [0.15, 0.2) is 18.2 Å². The predicted octanol–water partition coefficient (Wildman–Crippen LogP) is 3.04. The average Bonchev–Trinajstić information content (AvgIpc) is 2.42. The Morgan fingerprint density at radius 2 is 2.15 bits per heavy atom. The Hall–Kier alpha value is -1.37. The number of hydrogen-bond acceptors (Lipinski definition) is 2. The maximum Gasteiger partial charge on any atom is 0.128 e. The van der Waals surface area contributed by atoms with E-state index in [2.05, 4.69) is 30.6 Å². The smallest absolute Gasteiger partial charge is 0.128 e. The van der Waals surface area contributed by atoms with E-state index in [1.165, 1.54) is 6.07 Å². The highest BCUT2D eigenvalue weighted by atomic mass is 19.1. The van der Waals surface area contributed by atoms with Gasteiger partial charge in [0.05, 0.1) is 6.61 Å². The van der Waals surface area contributed by atoms with E-state index in [0.29, 0.717) is 30.0 Å². The van der Waals surface area contributed by atoms with E-state index in [0.717, 1.165) is 13.0 Å². The van der Waals surface area contributed by atoms with Gasteiger partial charge in [0.1, 0.15) is 5.82 Å². The van der Waals surface area contributed by atoms with Gasteiger partial charge in [-0.1, -0.05) is 38.2 Å². The summed E-state index contributed by atoms with van der Waals surface area (Å²) in [6.07, 6.45) is 1.55. The molecule has 2 nitrogen and oxygen atoms in total. The van der Waals surface area contributed by atoms with Crippen molar-refractivity contribution in [1.29, 1.82) is 0 Å². The van der Waals surface area contributed by atoms with Crippen LogP contribution in [0.25, 0.3) is 0 Å². The lowest BCUT2D eigenvalue weighted by atomic mass is 10.1. The van der Waals surface area contributed by atoms with Crippen molar-refractivity contribution >= 4 is 0 Å². The van der Waals surface area contributed by atoms with Crippen LogP contribution in [0.1, 0.15) is 37.8 Å². The van der Waals surface area contributed by atoms with Gasteiger partial charge < -0.3 is 10.0 Å². The standard InChI is InChI=1S/C17H24FNO/c1-4-14(2)12-19(3)13-16-9-8-15(11-17(16)18)7-5-6-10-20/h8-9,11,14,20H,4,6,10,12-13H2,1-3H3.